The van der Waals surface area contributed by atoms with E-state index in [0.717, 1.165) is 44.9 Å². The quantitative estimate of drug-likeness (QED) is 0.688. The fourth-order valence-electron chi connectivity index (χ4n) is 3.96. The van der Waals surface area contributed by atoms with Crippen molar-refractivity contribution in [2.75, 3.05) is 6.61 Å². The second kappa shape index (κ2) is 6.31. The van der Waals surface area contributed by atoms with Crippen LogP contribution in [0.25, 0.3) is 0 Å². The maximum atomic E-state index is 12.2. The van der Waals surface area contributed by atoms with Gasteiger partial charge in [0, 0.05) is 18.6 Å². The van der Waals surface area contributed by atoms with Crippen molar-refractivity contribution in [3.05, 3.63) is 0 Å². The molecule has 2 aliphatic heterocycles. The predicted molar refractivity (Wildman–Crippen MR) is 75.4 cm³/mol. The van der Waals surface area contributed by atoms with Crippen molar-refractivity contribution in [2.45, 2.75) is 75.7 Å². The number of carbonyl (C=O) groups is 1. The lowest BCUT2D eigenvalue weighted by molar-refractivity contribution is 0.0978. The molecule has 3 fully saturated rings. The maximum Gasteiger partial charge on any atom is 0.315 e. The normalized spacial score (nSPS) is 40.4. The molecule has 0 aromatic carbocycles. The van der Waals surface area contributed by atoms with Crippen LogP contribution in [0.3, 0.4) is 0 Å². The van der Waals surface area contributed by atoms with Crippen molar-refractivity contribution in [3.8, 4) is 0 Å². The summed E-state index contributed by atoms with van der Waals surface area (Å²) >= 11 is 0. The Morgan fingerprint density at radius 1 is 1.05 bits per heavy atom. The van der Waals surface area contributed by atoms with Gasteiger partial charge in [-0.15, -0.1) is 0 Å². The van der Waals surface area contributed by atoms with Crippen LogP contribution in [0.4, 0.5) is 4.79 Å². The number of nitrogens with one attached hydrogen (secondary N) is 2. The van der Waals surface area contributed by atoms with Gasteiger partial charge in [0.15, 0.2) is 0 Å². The number of ether oxygens (including phenoxy) is 1. The number of hydrogen-bond donors (Lipinski definition) is 3. The van der Waals surface area contributed by atoms with E-state index in [9.17, 15) is 9.90 Å². The summed E-state index contributed by atoms with van der Waals surface area (Å²) in [4.78, 5) is 12.2. The minimum absolute atomic E-state index is 0.0866. The smallest absolute Gasteiger partial charge is 0.315 e. The summed E-state index contributed by atoms with van der Waals surface area (Å²) < 4.78 is 5.76. The van der Waals surface area contributed by atoms with E-state index in [4.69, 9.17) is 4.74 Å². The standard InChI is InChI=1S/C15H26N2O3/c18-9-10-4-2-1-3-5-12(10)16-15(19)17-13-8-11-6-7-14(13)20-11/h10-14,18H,1-9H2,(H2,16,17,19). The van der Waals surface area contributed by atoms with E-state index < -0.39 is 0 Å². The number of aliphatic hydroxyl groups is 1. The first-order chi connectivity index (χ1) is 9.76. The van der Waals surface area contributed by atoms with Crippen LogP contribution >= 0.6 is 0 Å². The molecule has 2 saturated heterocycles. The van der Waals surface area contributed by atoms with Gasteiger partial charge in [0.25, 0.3) is 0 Å². The van der Waals surface area contributed by atoms with Crippen LogP contribution in [0.1, 0.15) is 51.4 Å². The summed E-state index contributed by atoms with van der Waals surface area (Å²) in [5.41, 5.74) is 0. The largest absolute Gasteiger partial charge is 0.396 e. The third-order valence-electron chi connectivity index (χ3n) is 5.13. The SMILES string of the molecule is O=C(NC1CCCCCC1CO)NC1CC2CCC1O2. The number of fused-ring (bicyclic) bond motifs is 2. The minimum atomic E-state index is -0.0866. The zero-order valence-electron chi connectivity index (χ0n) is 12.0. The molecule has 0 aromatic rings. The lowest BCUT2D eigenvalue weighted by atomic mass is 9.95. The van der Waals surface area contributed by atoms with E-state index in [1.54, 1.807) is 0 Å². The summed E-state index contributed by atoms with van der Waals surface area (Å²) in [7, 11) is 0. The molecule has 5 heteroatoms. The molecule has 0 radical (unpaired) electrons. The molecule has 2 amide bonds. The molecule has 3 aliphatic rings. The number of amides is 2. The van der Waals surface area contributed by atoms with Crippen LogP contribution in [0.15, 0.2) is 0 Å². The summed E-state index contributed by atoms with van der Waals surface area (Å²) in [5, 5.41) is 15.6. The van der Waals surface area contributed by atoms with Crippen LogP contribution in [-0.4, -0.2) is 42.0 Å². The van der Waals surface area contributed by atoms with Crippen LogP contribution < -0.4 is 10.6 Å². The lowest BCUT2D eigenvalue weighted by Gasteiger charge is -2.27. The van der Waals surface area contributed by atoms with Gasteiger partial charge in [-0.3, -0.25) is 0 Å². The van der Waals surface area contributed by atoms with E-state index in [0.29, 0.717) is 6.10 Å². The Kier molecular flexibility index (Phi) is 4.46. The zero-order chi connectivity index (χ0) is 13.9. The zero-order valence-corrected chi connectivity index (χ0v) is 12.0. The van der Waals surface area contributed by atoms with Crippen molar-refractivity contribution in [3.63, 3.8) is 0 Å². The van der Waals surface area contributed by atoms with E-state index >= 15 is 0 Å². The highest BCUT2D eigenvalue weighted by Crippen LogP contribution is 2.34. The third-order valence-corrected chi connectivity index (χ3v) is 5.13. The highest BCUT2D eigenvalue weighted by atomic mass is 16.5. The van der Waals surface area contributed by atoms with Crippen molar-refractivity contribution >= 4 is 6.03 Å². The third kappa shape index (κ3) is 3.09. The number of rotatable bonds is 3. The Morgan fingerprint density at radius 2 is 1.85 bits per heavy atom. The van der Waals surface area contributed by atoms with Crippen molar-refractivity contribution in [1.82, 2.24) is 10.6 Å². The van der Waals surface area contributed by atoms with Crippen molar-refractivity contribution in [2.24, 2.45) is 5.92 Å². The molecular formula is C15H26N2O3. The van der Waals surface area contributed by atoms with Crippen molar-refractivity contribution < 1.29 is 14.6 Å². The second-order valence-electron chi connectivity index (χ2n) is 6.52. The Bertz CT molecular complexity index is 350. The summed E-state index contributed by atoms with van der Waals surface area (Å²) in [5.74, 6) is 0.208. The summed E-state index contributed by atoms with van der Waals surface area (Å²) in [6, 6.07) is 0.200. The molecule has 5 nitrogen and oxygen atoms in total. The van der Waals surface area contributed by atoms with Gasteiger partial charge < -0.3 is 20.5 Å². The molecule has 1 aliphatic carbocycles. The Balaban J connectivity index is 1.49. The molecule has 0 aromatic heterocycles. The van der Waals surface area contributed by atoms with Crippen LogP contribution in [0, 0.1) is 5.92 Å². The number of carbonyl (C=O) groups excluding carboxylic acids is 1. The monoisotopic (exact) mass is 282 g/mol. The number of urea groups is 1. The number of hydrogen-bond acceptors (Lipinski definition) is 3. The highest BCUT2D eigenvalue weighted by molar-refractivity contribution is 5.74. The Labute approximate surface area is 120 Å². The summed E-state index contributed by atoms with van der Waals surface area (Å²) in [6.07, 6.45) is 9.22. The van der Waals surface area contributed by atoms with E-state index in [-0.39, 0.29) is 36.7 Å². The molecule has 3 N–H and O–H groups in total. The van der Waals surface area contributed by atoms with Gasteiger partial charge in [-0.05, 0) is 32.1 Å². The van der Waals surface area contributed by atoms with Gasteiger partial charge in [-0.1, -0.05) is 19.3 Å². The van der Waals surface area contributed by atoms with E-state index in [1.165, 1.54) is 6.42 Å². The van der Waals surface area contributed by atoms with Crippen LogP contribution in [0.2, 0.25) is 0 Å². The predicted octanol–water partition coefficient (Wildman–Crippen LogP) is 1.55. The molecule has 5 atom stereocenters. The highest BCUT2D eigenvalue weighted by Gasteiger charge is 2.41. The Morgan fingerprint density at radius 3 is 2.55 bits per heavy atom. The molecule has 5 unspecified atom stereocenters. The summed E-state index contributed by atoms with van der Waals surface area (Å²) in [6.45, 7) is 0.169. The first-order valence-electron chi connectivity index (χ1n) is 8.09. The van der Waals surface area contributed by atoms with Gasteiger partial charge in [-0.2, -0.15) is 0 Å². The second-order valence-corrected chi connectivity index (χ2v) is 6.52. The molecule has 2 bridgehead atoms. The van der Waals surface area contributed by atoms with Crippen LogP contribution in [0.5, 0.6) is 0 Å². The molecule has 3 rings (SSSR count). The fraction of sp³-hybridized carbons (Fsp3) is 0.933. The minimum Gasteiger partial charge on any atom is -0.396 e. The Hall–Kier alpha value is -0.810. The van der Waals surface area contributed by atoms with Gasteiger partial charge in [0.2, 0.25) is 0 Å². The first kappa shape index (κ1) is 14.1. The molecule has 20 heavy (non-hydrogen) atoms. The van der Waals surface area contributed by atoms with Gasteiger partial charge in [0.05, 0.1) is 18.2 Å². The van der Waals surface area contributed by atoms with E-state index in [1.807, 2.05) is 0 Å². The van der Waals surface area contributed by atoms with Crippen molar-refractivity contribution in [1.29, 1.82) is 0 Å². The van der Waals surface area contributed by atoms with Gasteiger partial charge in [-0.25, -0.2) is 4.79 Å². The molecule has 2 heterocycles. The van der Waals surface area contributed by atoms with Crippen LogP contribution in [-0.2, 0) is 4.74 Å². The fourth-order valence-corrected chi connectivity index (χ4v) is 3.96. The number of aliphatic hydroxyl groups excluding tert-OH is 1. The topological polar surface area (TPSA) is 70.6 Å². The lowest BCUT2D eigenvalue weighted by Crippen LogP contribution is -2.51. The molecular weight excluding hydrogens is 256 g/mol. The average Bonchev–Trinajstić information content (AvgIpc) is 2.97. The average molecular weight is 282 g/mol. The maximum absolute atomic E-state index is 12.2. The molecule has 0 spiro atoms. The molecule has 1 saturated carbocycles. The van der Waals surface area contributed by atoms with Gasteiger partial charge >= 0.3 is 6.03 Å². The van der Waals surface area contributed by atoms with E-state index in [2.05, 4.69) is 10.6 Å². The first-order valence-corrected chi connectivity index (χ1v) is 8.09. The molecule has 114 valence electrons. The van der Waals surface area contributed by atoms with Gasteiger partial charge in [0.1, 0.15) is 0 Å².